The van der Waals surface area contributed by atoms with Gasteiger partial charge in [-0.25, -0.2) is 0 Å². The van der Waals surface area contributed by atoms with E-state index in [9.17, 15) is 0 Å². The van der Waals surface area contributed by atoms with Crippen molar-refractivity contribution in [3.05, 3.63) is 216 Å². The Hall–Kier alpha value is -6.77. The molecular formula is C54H44N2. The summed E-state index contributed by atoms with van der Waals surface area (Å²) in [6.07, 6.45) is 0.909. The summed E-state index contributed by atoms with van der Waals surface area (Å²) in [5.74, 6) is 0.584. The highest BCUT2D eigenvalue weighted by Gasteiger charge is 2.36. The largest absolute Gasteiger partial charge is 0.384 e. The van der Waals surface area contributed by atoms with Crippen molar-refractivity contribution in [2.24, 2.45) is 10.7 Å². The van der Waals surface area contributed by atoms with Gasteiger partial charge in [-0.1, -0.05) is 196 Å². The van der Waals surface area contributed by atoms with Crippen LogP contribution in [0.15, 0.2) is 193 Å². The number of fused-ring (bicyclic) bond motifs is 7. The molecule has 2 nitrogen and oxygen atoms in total. The molecule has 0 fully saturated rings. The Balaban J connectivity index is 0.000000360. The van der Waals surface area contributed by atoms with Gasteiger partial charge in [0, 0.05) is 18.0 Å². The molecule has 0 saturated carbocycles. The zero-order valence-electron chi connectivity index (χ0n) is 32.1. The van der Waals surface area contributed by atoms with Crippen molar-refractivity contribution in [2.75, 3.05) is 7.05 Å². The first-order valence-electron chi connectivity index (χ1n) is 19.4. The van der Waals surface area contributed by atoms with E-state index in [0.29, 0.717) is 5.84 Å². The van der Waals surface area contributed by atoms with Crippen LogP contribution in [0, 0.1) is 0 Å². The first-order valence-corrected chi connectivity index (χ1v) is 19.4. The van der Waals surface area contributed by atoms with Crippen LogP contribution in [0.3, 0.4) is 0 Å². The molecule has 10 rings (SSSR count). The third-order valence-corrected chi connectivity index (χ3v) is 11.6. The molecule has 0 aromatic heterocycles. The fraction of sp³-hybridized carbons (Fsp3) is 0.0926. The number of rotatable bonds is 5. The van der Waals surface area contributed by atoms with Gasteiger partial charge in [0.2, 0.25) is 0 Å². The van der Waals surface area contributed by atoms with Crippen LogP contribution < -0.4 is 5.73 Å². The van der Waals surface area contributed by atoms with E-state index in [1.54, 1.807) is 7.05 Å². The summed E-state index contributed by atoms with van der Waals surface area (Å²) in [6, 6.07) is 68.2. The van der Waals surface area contributed by atoms with Gasteiger partial charge in [0.1, 0.15) is 5.84 Å². The Kier molecular flexibility index (Phi) is 9.03. The average molecular weight is 721 g/mol. The molecule has 56 heavy (non-hydrogen) atoms. The minimum Gasteiger partial charge on any atom is -0.384 e. The van der Waals surface area contributed by atoms with Crippen molar-refractivity contribution in [3.8, 4) is 33.4 Å². The molecule has 2 N–H and O–H groups in total. The molecule has 0 spiro atoms. The molecule has 1 aliphatic rings. The van der Waals surface area contributed by atoms with Gasteiger partial charge in [-0.05, 0) is 100 Å². The Bertz CT molecular complexity index is 2850. The molecule has 0 amide bonds. The second-order valence-corrected chi connectivity index (χ2v) is 15.2. The van der Waals surface area contributed by atoms with Crippen molar-refractivity contribution in [1.82, 2.24) is 0 Å². The first-order chi connectivity index (χ1) is 27.4. The van der Waals surface area contributed by atoms with Crippen LogP contribution in [0.4, 0.5) is 0 Å². The SMILES string of the molecule is CC1(C)c2ccccc2-c2c1cc(-c1ccc(-c3c4ccccc4c(Cc4ccccc4)c4ccccc34)cc1)c1ccccc21.CN=C(N)c1ccccc1. The number of nitrogens with two attached hydrogens (primary N) is 1. The molecular weight excluding hydrogens is 677 g/mol. The van der Waals surface area contributed by atoms with E-state index in [1.807, 2.05) is 30.3 Å². The van der Waals surface area contributed by atoms with E-state index in [-0.39, 0.29) is 5.41 Å². The second-order valence-electron chi connectivity index (χ2n) is 15.2. The van der Waals surface area contributed by atoms with Gasteiger partial charge in [0.15, 0.2) is 0 Å². The van der Waals surface area contributed by atoms with Crippen molar-refractivity contribution in [2.45, 2.75) is 25.7 Å². The first kappa shape index (κ1) is 35.0. The Labute approximate surface area is 329 Å². The highest BCUT2D eigenvalue weighted by molar-refractivity contribution is 6.15. The predicted molar refractivity (Wildman–Crippen MR) is 240 cm³/mol. The molecule has 0 unspecified atom stereocenters. The highest BCUT2D eigenvalue weighted by atomic mass is 14.8. The van der Waals surface area contributed by atoms with Gasteiger partial charge in [0.05, 0.1) is 0 Å². The molecule has 0 radical (unpaired) electrons. The normalized spacial score (nSPS) is 12.9. The topological polar surface area (TPSA) is 38.4 Å². The Morgan fingerprint density at radius 2 is 0.946 bits per heavy atom. The van der Waals surface area contributed by atoms with Crippen molar-refractivity contribution in [3.63, 3.8) is 0 Å². The maximum Gasteiger partial charge on any atom is 0.125 e. The monoisotopic (exact) mass is 720 g/mol. The average Bonchev–Trinajstić information content (AvgIpc) is 3.50. The molecule has 270 valence electrons. The number of amidine groups is 1. The molecule has 2 heteroatoms. The van der Waals surface area contributed by atoms with Crippen LogP contribution in [0.2, 0.25) is 0 Å². The summed E-state index contributed by atoms with van der Waals surface area (Å²) in [4.78, 5) is 3.85. The van der Waals surface area contributed by atoms with Crippen LogP contribution in [-0.4, -0.2) is 12.9 Å². The van der Waals surface area contributed by atoms with Gasteiger partial charge >= 0.3 is 0 Å². The van der Waals surface area contributed by atoms with E-state index in [2.05, 4.69) is 177 Å². The number of benzene rings is 9. The minimum atomic E-state index is -0.0516. The molecule has 0 atom stereocenters. The Morgan fingerprint density at radius 3 is 1.55 bits per heavy atom. The summed E-state index contributed by atoms with van der Waals surface area (Å²) in [7, 11) is 1.68. The number of hydrogen-bond acceptors (Lipinski definition) is 1. The number of aliphatic imine (C=N–C) groups is 1. The lowest BCUT2D eigenvalue weighted by Crippen LogP contribution is -2.15. The fourth-order valence-corrected chi connectivity index (χ4v) is 8.86. The van der Waals surface area contributed by atoms with E-state index in [4.69, 9.17) is 5.73 Å². The van der Waals surface area contributed by atoms with Crippen LogP contribution in [0.1, 0.15) is 41.7 Å². The minimum absolute atomic E-state index is 0.0516. The summed E-state index contributed by atoms with van der Waals surface area (Å²) < 4.78 is 0. The van der Waals surface area contributed by atoms with E-state index in [1.165, 1.54) is 88.0 Å². The van der Waals surface area contributed by atoms with Gasteiger partial charge in [-0.15, -0.1) is 0 Å². The molecule has 0 heterocycles. The van der Waals surface area contributed by atoms with Crippen molar-refractivity contribution in [1.29, 1.82) is 0 Å². The maximum atomic E-state index is 5.54. The fourth-order valence-electron chi connectivity index (χ4n) is 8.86. The summed E-state index contributed by atoms with van der Waals surface area (Å²) in [6.45, 7) is 4.74. The zero-order chi connectivity index (χ0) is 38.2. The molecule has 9 aromatic carbocycles. The second kappa shape index (κ2) is 14.5. The molecule has 0 bridgehead atoms. The maximum absolute atomic E-state index is 5.54. The van der Waals surface area contributed by atoms with Crippen LogP contribution in [0.5, 0.6) is 0 Å². The summed E-state index contributed by atoms with van der Waals surface area (Å²) in [5.41, 5.74) is 19.9. The number of hydrogen-bond donors (Lipinski definition) is 1. The summed E-state index contributed by atoms with van der Waals surface area (Å²) in [5, 5.41) is 7.92. The third kappa shape index (κ3) is 6.04. The van der Waals surface area contributed by atoms with E-state index < -0.39 is 0 Å². The lowest BCUT2D eigenvalue weighted by atomic mass is 9.80. The standard InChI is InChI=1S/C46H34.C8H10N2/c1-46(2)42-23-13-12-22-39(42)45-38-21-11-6-16-33(38)40(29-43(45)46)31-24-26-32(27-25-31)44-36-19-9-7-17-34(36)41(28-30-14-4-3-5-15-30)35-18-8-10-20-37(35)44;1-10-8(9)7-5-3-2-4-6-7/h3-27,29H,28H2,1-2H3;2-6H,1H3,(H2,9,10). The lowest BCUT2D eigenvalue weighted by molar-refractivity contribution is 0.661. The zero-order valence-corrected chi connectivity index (χ0v) is 32.1. The van der Waals surface area contributed by atoms with Gasteiger partial charge in [0.25, 0.3) is 0 Å². The van der Waals surface area contributed by atoms with E-state index in [0.717, 1.165) is 12.0 Å². The lowest BCUT2D eigenvalue weighted by Gasteiger charge is -2.23. The summed E-state index contributed by atoms with van der Waals surface area (Å²) >= 11 is 0. The van der Waals surface area contributed by atoms with E-state index >= 15 is 0 Å². The smallest absolute Gasteiger partial charge is 0.125 e. The van der Waals surface area contributed by atoms with Crippen LogP contribution in [-0.2, 0) is 11.8 Å². The van der Waals surface area contributed by atoms with Crippen molar-refractivity contribution < 1.29 is 0 Å². The molecule has 9 aromatic rings. The van der Waals surface area contributed by atoms with Crippen molar-refractivity contribution >= 4 is 38.2 Å². The predicted octanol–water partition coefficient (Wildman–Crippen LogP) is 13.4. The van der Waals surface area contributed by atoms with Gasteiger partial charge < -0.3 is 5.73 Å². The van der Waals surface area contributed by atoms with Crippen LogP contribution in [0.25, 0.3) is 65.7 Å². The molecule has 1 aliphatic carbocycles. The highest BCUT2D eigenvalue weighted by Crippen LogP contribution is 2.53. The quantitative estimate of drug-likeness (QED) is 0.107. The Morgan fingerprint density at radius 1 is 0.464 bits per heavy atom. The van der Waals surface area contributed by atoms with Crippen LogP contribution >= 0.6 is 0 Å². The van der Waals surface area contributed by atoms with Gasteiger partial charge in [-0.2, -0.15) is 0 Å². The third-order valence-electron chi connectivity index (χ3n) is 11.6. The molecule has 0 saturated heterocycles. The number of nitrogens with zero attached hydrogens (tertiary/aromatic N) is 1. The van der Waals surface area contributed by atoms with Gasteiger partial charge in [-0.3, -0.25) is 4.99 Å². The molecule has 0 aliphatic heterocycles.